The standard InChI is InChI=1S/C18H22N2O3S/c1-13-5-8-16(9-6-13)24(22,23)20-19-12-14-11-15(18(2,3)4)7-10-17(14)21/h5-12,20-21H,1-4H3/b19-12+. The maximum atomic E-state index is 12.2. The smallest absolute Gasteiger partial charge is 0.276 e. The van der Waals surface area contributed by atoms with Crippen LogP contribution in [0.25, 0.3) is 0 Å². The molecule has 2 aromatic rings. The fourth-order valence-corrected chi connectivity index (χ4v) is 2.85. The van der Waals surface area contributed by atoms with Gasteiger partial charge in [0.1, 0.15) is 5.75 Å². The van der Waals surface area contributed by atoms with Crippen LogP contribution in [0, 0.1) is 6.92 Å². The van der Waals surface area contributed by atoms with Crippen LogP contribution in [-0.4, -0.2) is 19.7 Å². The summed E-state index contributed by atoms with van der Waals surface area (Å²) in [5.74, 6) is 0.0429. The van der Waals surface area contributed by atoms with E-state index in [-0.39, 0.29) is 16.1 Å². The van der Waals surface area contributed by atoms with Crippen molar-refractivity contribution >= 4 is 16.2 Å². The number of sulfonamides is 1. The number of aromatic hydroxyl groups is 1. The number of hydrazone groups is 1. The average Bonchev–Trinajstić information content (AvgIpc) is 2.48. The highest BCUT2D eigenvalue weighted by atomic mass is 32.2. The predicted molar refractivity (Wildman–Crippen MR) is 95.9 cm³/mol. The first-order chi connectivity index (χ1) is 11.1. The molecule has 0 heterocycles. The normalized spacial score (nSPS) is 12.5. The van der Waals surface area contributed by atoms with Crippen LogP contribution in [-0.2, 0) is 15.4 Å². The fraction of sp³-hybridized carbons (Fsp3) is 0.278. The molecule has 0 radical (unpaired) electrons. The van der Waals surface area contributed by atoms with Crippen molar-refractivity contribution in [2.45, 2.75) is 38.0 Å². The molecule has 2 rings (SSSR count). The molecule has 5 nitrogen and oxygen atoms in total. The van der Waals surface area contributed by atoms with Crippen LogP contribution in [0.5, 0.6) is 5.75 Å². The maximum absolute atomic E-state index is 12.2. The molecule has 0 fully saturated rings. The van der Waals surface area contributed by atoms with E-state index in [9.17, 15) is 13.5 Å². The molecule has 0 saturated carbocycles. The number of aryl methyl sites for hydroxylation is 1. The van der Waals surface area contributed by atoms with Gasteiger partial charge in [0.15, 0.2) is 0 Å². The zero-order valence-corrected chi connectivity index (χ0v) is 15.1. The highest BCUT2D eigenvalue weighted by Crippen LogP contribution is 2.26. The summed E-state index contributed by atoms with van der Waals surface area (Å²) < 4.78 is 24.3. The molecule has 0 saturated heterocycles. The molecule has 0 atom stereocenters. The van der Waals surface area contributed by atoms with Gasteiger partial charge in [0.2, 0.25) is 0 Å². The first-order valence-corrected chi connectivity index (χ1v) is 9.03. The number of nitrogens with one attached hydrogen (secondary N) is 1. The Labute approximate surface area is 143 Å². The molecule has 0 aliphatic carbocycles. The molecule has 0 bridgehead atoms. The number of hydrogen-bond donors (Lipinski definition) is 2. The van der Waals surface area contributed by atoms with E-state index in [2.05, 4.69) is 30.7 Å². The molecular weight excluding hydrogens is 324 g/mol. The van der Waals surface area contributed by atoms with E-state index in [1.807, 2.05) is 13.0 Å². The Morgan fingerprint density at radius 1 is 1.08 bits per heavy atom. The molecule has 0 aliphatic rings. The predicted octanol–water partition coefficient (Wildman–Crippen LogP) is 3.31. The van der Waals surface area contributed by atoms with Gasteiger partial charge in [0.25, 0.3) is 10.0 Å². The van der Waals surface area contributed by atoms with E-state index in [0.717, 1.165) is 11.1 Å². The van der Waals surface area contributed by atoms with Gasteiger partial charge < -0.3 is 5.11 Å². The number of rotatable bonds is 4. The monoisotopic (exact) mass is 346 g/mol. The molecule has 0 aliphatic heterocycles. The summed E-state index contributed by atoms with van der Waals surface area (Å²) in [6.07, 6.45) is 1.30. The molecule has 0 amide bonds. The van der Waals surface area contributed by atoms with Gasteiger partial charge in [0, 0.05) is 5.56 Å². The highest BCUT2D eigenvalue weighted by molar-refractivity contribution is 7.89. The van der Waals surface area contributed by atoms with Gasteiger partial charge >= 0.3 is 0 Å². The summed E-state index contributed by atoms with van der Waals surface area (Å²) in [7, 11) is -3.73. The van der Waals surface area contributed by atoms with Crippen LogP contribution in [0.2, 0.25) is 0 Å². The van der Waals surface area contributed by atoms with Gasteiger partial charge in [0.05, 0.1) is 11.1 Å². The number of nitrogens with zero attached hydrogens (tertiary/aromatic N) is 1. The van der Waals surface area contributed by atoms with Crippen LogP contribution in [0.15, 0.2) is 52.5 Å². The quantitative estimate of drug-likeness (QED) is 0.658. The molecule has 2 aromatic carbocycles. The van der Waals surface area contributed by atoms with Crippen molar-refractivity contribution in [2.75, 3.05) is 0 Å². The second-order valence-corrected chi connectivity index (χ2v) is 8.35. The fourth-order valence-electron chi connectivity index (χ4n) is 2.06. The molecule has 0 spiro atoms. The van der Waals surface area contributed by atoms with Crippen molar-refractivity contribution in [1.82, 2.24) is 4.83 Å². The van der Waals surface area contributed by atoms with Gasteiger partial charge in [-0.3, -0.25) is 0 Å². The van der Waals surface area contributed by atoms with Gasteiger partial charge in [-0.1, -0.05) is 44.5 Å². The maximum Gasteiger partial charge on any atom is 0.276 e. The van der Waals surface area contributed by atoms with E-state index >= 15 is 0 Å². The Hall–Kier alpha value is -2.34. The van der Waals surface area contributed by atoms with Crippen LogP contribution in [0.4, 0.5) is 0 Å². The summed E-state index contributed by atoms with van der Waals surface area (Å²) >= 11 is 0. The Balaban J connectivity index is 2.21. The number of hydrogen-bond acceptors (Lipinski definition) is 4. The van der Waals surface area contributed by atoms with Crippen LogP contribution in [0.1, 0.15) is 37.5 Å². The minimum Gasteiger partial charge on any atom is -0.507 e. The molecule has 24 heavy (non-hydrogen) atoms. The van der Waals surface area contributed by atoms with Crippen molar-refractivity contribution in [3.63, 3.8) is 0 Å². The first-order valence-electron chi connectivity index (χ1n) is 7.55. The number of phenols is 1. The zero-order chi connectivity index (χ0) is 18.0. The lowest BCUT2D eigenvalue weighted by atomic mass is 9.86. The minimum absolute atomic E-state index is 0.0429. The summed E-state index contributed by atoms with van der Waals surface area (Å²) in [6, 6.07) is 11.7. The van der Waals surface area contributed by atoms with E-state index in [4.69, 9.17) is 0 Å². The van der Waals surface area contributed by atoms with E-state index < -0.39 is 10.0 Å². The second kappa shape index (κ2) is 6.65. The third-order valence-electron chi connectivity index (χ3n) is 3.60. The van der Waals surface area contributed by atoms with Gasteiger partial charge in [-0.2, -0.15) is 13.5 Å². The van der Waals surface area contributed by atoms with Crippen molar-refractivity contribution in [3.8, 4) is 5.75 Å². The number of benzene rings is 2. The van der Waals surface area contributed by atoms with Crippen LogP contribution in [0.3, 0.4) is 0 Å². The Morgan fingerprint density at radius 2 is 1.71 bits per heavy atom. The molecule has 0 unspecified atom stereocenters. The molecule has 128 valence electrons. The third kappa shape index (κ3) is 4.35. The molecule has 6 heteroatoms. The summed E-state index contributed by atoms with van der Waals surface area (Å²) in [4.78, 5) is 2.30. The second-order valence-electron chi connectivity index (χ2n) is 6.69. The molecule has 0 aromatic heterocycles. The number of phenolic OH excluding ortho intramolecular Hbond substituents is 1. The summed E-state index contributed by atoms with van der Waals surface area (Å²) in [6.45, 7) is 8.05. The highest BCUT2D eigenvalue weighted by Gasteiger charge is 2.15. The SMILES string of the molecule is Cc1ccc(S(=O)(=O)N/N=C/c2cc(C(C)(C)C)ccc2O)cc1. The lowest BCUT2D eigenvalue weighted by molar-refractivity contribution is 0.473. The van der Waals surface area contributed by atoms with Gasteiger partial charge in [-0.15, -0.1) is 0 Å². The van der Waals surface area contributed by atoms with E-state index in [0.29, 0.717) is 5.56 Å². The third-order valence-corrected chi connectivity index (χ3v) is 4.84. The van der Waals surface area contributed by atoms with E-state index in [1.54, 1.807) is 24.3 Å². The zero-order valence-electron chi connectivity index (χ0n) is 14.2. The van der Waals surface area contributed by atoms with Gasteiger partial charge in [-0.25, -0.2) is 4.83 Å². The largest absolute Gasteiger partial charge is 0.507 e. The Kier molecular flexibility index (Phi) is 4.99. The lowest BCUT2D eigenvalue weighted by Gasteiger charge is -2.19. The first kappa shape index (κ1) is 18.0. The summed E-state index contributed by atoms with van der Waals surface area (Å²) in [5, 5.41) is 13.7. The lowest BCUT2D eigenvalue weighted by Crippen LogP contribution is -2.18. The Bertz CT molecular complexity index is 849. The average molecular weight is 346 g/mol. The molecule has 2 N–H and O–H groups in total. The van der Waals surface area contributed by atoms with E-state index in [1.165, 1.54) is 18.3 Å². The minimum atomic E-state index is -3.73. The van der Waals surface area contributed by atoms with Crippen molar-refractivity contribution in [3.05, 3.63) is 59.2 Å². The van der Waals surface area contributed by atoms with Crippen LogP contribution >= 0.6 is 0 Å². The van der Waals surface area contributed by atoms with Crippen molar-refractivity contribution < 1.29 is 13.5 Å². The topological polar surface area (TPSA) is 78.8 Å². The van der Waals surface area contributed by atoms with Crippen LogP contribution < -0.4 is 4.83 Å². The Morgan fingerprint density at radius 3 is 2.29 bits per heavy atom. The van der Waals surface area contributed by atoms with Crippen molar-refractivity contribution in [2.24, 2.45) is 5.10 Å². The molecular formula is C18H22N2O3S. The summed E-state index contributed by atoms with van der Waals surface area (Å²) in [5.41, 5.74) is 2.36. The van der Waals surface area contributed by atoms with Crippen molar-refractivity contribution in [1.29, 1.82) is 0 Å². The van der Waals surface area contributed by atoms with Gasteiger partial charge in [-0.05, 0) is 42.2 Å².